The summed E-state index contributed by atoms with van der Waals surface area (Å²) >= 11 is 0. The van der Waals surface area contributed by atoms with Crippen LogP contribution in [0.4, 0.5) is 5.69 Å². The minimum absolute atomic E-state index is 0.0460. The fraction of sp³-hybridized carbons (Fsp3) is 0.562. The van der Waals surface area contributed by atoms with Gasteiger partial charge in [-0.2, -0.15) is 0 Å². The number of benzene rings is 1. The second kappa shape index (κ2) is 6.75. The van der Waals surface area contributed by atoms with Gasteiger partial charge in [0.1, 0.15) is 0 Å². The van der Waals surface area contributed by atoms with E-state index in [1.807, 2.05) is 26.8 Å². The number of piperazine rings is 1. The summed E-state index contributed by atoms with van der Waals surface area (Å²) in [5.74, 6) is 0.133. The molecule has 1 saturated heterocycles. The van der Waals surface area contributed by atoms with Crippen molar-refractivity contribution in [3.63, 3.8) is 0 Å². The van der Waals surface area contributed by atoms with Crippen LogP contribution in [0.2, 0.25) is 0 Å². The van der Waals surface area contributed by atoms with E-state index in [1.54, 1.807) is 0 Å². The quantitative estimate of drug-likeness (QED) is 0.909. The van der Waals surface area contributed by atoms with Crippen molar-refractivity contribution in [3.05, 3.63) is 30.3 Å². The first-order valence-corrected chi connectivity index (χ1v) is 7.42. The van der Waals surface area contributed by atoms with E-state index in [0.29, 0.717) is 0 Å². The first-order chi connectivity index (χ1) is 9.58. The molecule has 0 bridgehead atoms. The molecular formula is C16H25N3O. The Kier molecular flexibility index (Phi) is 5.01. The molecule has 0 saturated carbocycles. The fourth-order valence-electron chi connectivity index (χ4n) is 2.58. The minimum atomic E-state index is -0.0460. The Hall–Kier alpha value is -1.55. The highest BCUT2D eigenvalue weighted by molar-refractivity contribution is 5.81. The molecule has 4 nitrogen and oxygen atoms in total. The second-order valence-electron chi connectivity index (χ2n) is 5.70. The number of nitrogens with one attached hydrogen (secondary N) is 1. The number of carbonyl (C=O) groups is 1. The molecule has 1 N–H and O–H groups in total. The standard InChI is InChI=1S/C16H25N3O/c1-13(2)17-16(20)14(3)18-9-11-19(12-10-18)15-7-5-4-6-8-15/h4-8,13-14H,9-12H2,1-3H3,(H,17,20)/t14-/m0/s1. The zero-order chi connectivity index (χ0) is 14.5. The minimum Gasteiger partial charge on any atom is -0.369 e. The van der Waals surface area contributed by atoms with Crippen LogP contribution in [0, 0.1) is 0 Å². The molecule has 1 aromatic rings. The predicted molar refractivity (Wildman–Crippen MR) is 83.0 cm³/mol. The smallest absolute Gasteiger partial charge is 0.237 e. The molecule has 1 atom stereocenters. The topological polar surface area (TPSA) is 35.6 Å². The molecule has 4 heteroatoms. The molecule has 0 spiro atoms. The number of amides is 1. The molecule has 20 heavy (non-hydrogen) atoms. The van der Waals surface area contributed by atoms with Crippen LogP contribution in [-0.4, -0.2) is 49.1 Å². The Morgan fingerprint density at radius 2 is 1.65 bits per heavy atom. The molecule has 0 aliphatic carbocycles. The van der Waals surface area contributed by atoms with Gasteiger partial charge in [0.2, 0.25) is 5.91 Å². The molecule has 1 aliphatic heterocycles. The zero-order valence-corrected chi connectivity index (χ0v) is 12.7. The van der Waals surface area contributed by atoms with Gasteiger partial charge in [-0.15, -0.1) is 0 Å². The van der Waals surface area contributed by atoms with Gasteiger partial charge in [-0.3, -0.25) is 9.69 Å². The third-order valence-electron chi connectivity index (χ3n) is 3.79. The van der Waals surface area contributed by atoms with E-state index in [9.17, 15) is 4.79 Å². The van der Waals surface area contributed by atoms with Crippen molar-refractivity contribution in [2.75, 3.05) is 31.1 Å². The molecule has 0 radical (unpaired) electrons. The SMILES string of the molecule is CC(C)NC(=O)[C@H](C)N1CCN(c2ccccc2)CC1. The molecule has 1 heterocycles. The summed E-state index contributed by atoms with van der Waals surface area (Å²) in [5.41, 5.74) is 1.27. The lowest BCUT2D eigenvalue weighted by Crippen LogP contribution is -2.54. The summed E-state index contributed by atoms with van der Waals surface area (Å²) < 4.78 is 0. The first-order valence-electron chi connectivity index (χ1n) is 7.42. The third-order valence-corrected chi connectivity index (χ3v) is 3.79. The highest BCUT2D eigenvalue weighted by Gasteiger charge is 2.25. The molecule has 1 aromatic carbocycles. The van der Waals surface area contributed by atoms with Crippen molar-refractivity contribution in [2.24, 2.45) is 0 Å². The maximum Gasteiger partial charge on any atom is 0.237 e. The van der Waals surface area contributed by atoms with E-state index in [-0.39, 0.29) is 18.0 Å². The molecule has 110 valence electrons. The van der Waals surface area contributed by atoms with Gasteiger partial charge in [0.15, 0.2) is 0 Å². The van der Waals surface area contributed by atoms with Gasteiger partial charge in [0.05, 0.1) is 6.04 Å². The van der Waals surface area contributed by atoms with Gasteiger partial charge in [-0.1, -0.05) is 18.2 Å². The Labute approximate surface area is 121 Å². The van der Waals surface area contributed by atoms with Crippen molar-refractivity contribution in [1.82, 2.24) is 10.2 Å². The highest BCUT2D eigenvalue weighted by Crippen LogP contribution is 2.16. The number of hydrogen-bond acceptors (Lipinski definition) is 3. The van der Waals surface area contributed by atoms with Gasteiger partial charge < -0.3 is 10.2 Å². The van der Waals surface area contributed by atoms with Crippen molar-refractivity contribution in [2.45, 2.75) is 32.9 Å². The monoisotopic (exact) mass is 275 g/mol. The molecule has 1 aliphatic rings. The maximum atomic E-state index is 12.0. The van der Waals surface area contributed by atoms with Crippen LogP contribution in [0.25, 0.3) is 0 Å². The Morgan fingerprint density at radius 1 is 1.05 bits per heavy atom. The van der Waals surface area contributed by atoms with E-state index >= 15 is 0 Å². The molecule has 0 aromatic heterocycles. The summed E-state index contributed by atoms with van der Waals surface area (Å²) in [6.07, 6.45) is 0. The fourth-order valence-corrected chi connectivity index (χ4v) is 2.58. The van der Waals surface area contributed by atoms with E-state index in [4.69, 9.17) is 0 Å². The van der Waals surface area contributed by atoms with Gasteiger partial charge in [0, 0.05) is 37.9 Å². The number of rotatable bonds is 4. The van der Waals surface area contributed by atoms with Gasteiger partial charge in [-0.25, -0.2) is 0 Å². The van der Waals surface area contributed by atoms with Gasteiger partial charge in [0.25, 0.3) is 0 Å². The maximum absolute atomic E-state index is 12.0. The normalized spacial score (nSPS) is 18.1. The van der Waals surface area contributed by atoms with E-state index in [0.717, 1.165) is 26.2 Å². The molecule has 1 amide bonds. The van der Waals surface area contributed by atoms with Crippen molar-refractivity contribution in [1.29, 1.82) is 0 Å². The molecule has 0 unspecified atom stereocenters. The van der Waals surface area contributed by atoms with Crippen LogP contribution in [-0.2, 0) is 4.79 Å². The van der Waals surface area contributed by atoms with Crippen LogP contribution >= 0.6 is 0 Å². The lowest BCUT2D eigenvalue weighted by molar-refractivity contribution is -0.126. The lowest BCUT2D eigenvalue weighted by Gasteiger charge is -2.38. The lowest BCUT2D eigenvalue weighted by atomic mass is 10.2. The van der Waals surface area contributed by atoms with Crippen LogP contribution < -0.4 is 10.2 Å². The number of hydrogen-bond donors (Lipinski definition) is 1. The first kappa shape index (κ1) is 14.9. The average Bonchev–Trinajstić information content (AvgIpc) is 2.47. The largest absolute Gasteiger partial charge is 0.369 e. The zero-order valence-electron chi connectivity index (χ0n) is 12.7. The number of anilines is 1. The number of nitrogens with zero attached hydrogens (tertiary/aromatic N) is 2. The number of carbonyl (C=O) groups excluding carboxylic acids is 1. The third kappa shape index (κ3) is 3.73. The van der Waals surface area contributed by atoms with E-state index in [2.05, 4.69) is 39.4 Å². The van der Waals surface area contributed by atoms with Crippen LogP contribution in [0.3, 0.4) is 0 Å². The summed E-state index contributed by atoms with van der Waals surface area (Å²) in [7, 11) is 0. The Bertz CT molecular complexity index is 425. The molecule has 1 fully saturated rings. The van der Waals surface area contributed by atoms with Crippen molar-refractivity contribution in [3.8, 4) is 0 Å². The van der Waals surface area contributed by atoms with E-state index in [1.165, 1.54) is 5.69 Å². The summed E-state index contributed by atoms with van der Waals surface area (Å²) in [4.78, 5) is 16.7. The van der Waals surface area contributed by atoms with Crippen LogP contribution in [0.1, 0.15) is 20.8 Å². The van der Waals surface area contributed by atoms with Crippen molar-refractivity contribution < 1.29 is 4.79 Å². The van der Waals surface area contributed by atoms with Crippen molar-refractivity contribution >= 4 is 11.6 Å². The summed E-state index contributed by atoms with van der Waals surface area (Å²) in [6.45, 7) is 9.81. The summed E-state index contributed by atoms with van der Waals surface area (Å²) in [6, 6.07) is 10.6. The van der Waals surface area contributed by atoms with Gasteiger partial charge in [-0.05, 0) is 32.9 Å². The average molecular weight is 275 g/mol. The molecule has 2 rings (SSSR count). The molecular weight excluding hydrogens is 250 g/mol. The van der Waals surface area contributed by atoms with E-state index < -0.39 is 0 Å². The van der Waals surface area contributed by atoms with Crippen LogP contribution in [0.5, 0.6) is 0 Å². The van der Waals surface area contributed by atoms with Gasteiger partial charge >= 0.3 is 0 Å². The predicted octanol–water partition coefficient (Wildman–Crippen LogP) is 1.72. The summed E-state index contributed by atoms with van der Waals surface area (Å²) in [5, 5.41) is 2.99. The highest BCUT2D eigenvalue weighted by atomic mass is 16.2. The Morgan fingerprint density at radius 3 is 2.20 bits per heavy atom. The van der Waals surface area contributed by atoms with Crippen LogP contribution in [0.15, 0.2) is 30.3 Å². The second-order valence-corrected chi connectivity index (χ2v) is 5.70. The number of para-hydroxylation sites is 1. The Balaban J connectivity index is 1.86.